The van der Waals surface area contributed by atoms with Crippen LogP contribution in [0, 0.1) is 11.8 Å². The van der Waals surface area contributed by atoms with Crippen molar-refractivity contribution >= 4 is 5.91 Å². The second-order valence-electron chi connectivity index (χ2n) is 7.18. The first kappa shape index (κ1) is 13.1. The quantitative estimate of drug-likeness (QED) is 0.824. The predicted molar refractivity (Wildman–Crippen MR) is 76.3 cm³/mol. The van der Waals surface area contributed by atoms with Crippen molar-refractivity contribution < 1.29 is 9.53 Å². The molecule has 2 heterocycles. The third kappa shape index (κ3) is 2.48. The monoisotopic (exact) mass is 278 g/mol. The lowest BCUT2D eigenvalue weighted by molar-refractivity contribution is -0.124. The van der Waals surface area contributed by atoms with Gasteiger partial charge in [-0.25, -0.2) is 0 Å². The zero-order valence-corrected chi connectivity index (χ0v) is 12.1. The first-order valence-corrected chi connectivity index (χ1v) is 8.49. The summed E-state index contributed by atoms with van der Waals surface area (Å²) in [6.07, 6.45) is 10.1. The van der Waals surface area contributed by atoms with E-state index in [0.717, 1.165) is 25.4 Å². The van der Waals surface area contributed by atoms with Gasteiger partial charge in [0, 0.05) is 12.6 Å². The van der Waals surface area contributed by atoms with Gasteiger partial charge in [-0.2, -0.15) is 0 Å². The summed E-state index contributed by atoms with van der Waals surface area (Å²) >= 11 is 0. The molecule has 0 aromatic rings. The zero-order chi connectivity index (χ0) is 13.5. The van der Waals surface area contributed by atoms with Crippen molar-refractivity contribution in [1.82, 2.24) is 10.6 Å². The van der Waals surface area contributed by atoms with Gasteiger partial charge in [0.05, 0.1) is 18.2 Å². The Labute approximate surface area is 121 Å². The molecule has 2 saturated carbocycles. The van der Waals surface area contributed by atoms with Crippen molar-refractivity contribution in [1.29, 1.82) is 0 Å². The summed E-state index contributed by atoms with van der Waals surface area (Å²) in [6.45, 7) is 0.815. The van der Waals surface area contributed by atoms with E-state index in [1.54, 1.807) is 0 Å². The number of rotatable bonds is 3. The van der Waals surface area contributed by atoms with E-state index in [1.165, 1.54) is 38.5 Å². The predicted octanol–water partition coefficient (Wildman–Crippen LogP) is 1.59. The SMILES string of the molecule is O=C(NC1CCOC1C1CC1)C1CC2CCCCC2N1. The maximum Gasteiger partial charge on any atom is 0.237 e. The van der Waals surface area contributed by atoms with Gasteiger partial charge in [0.25, 0.3) is 0 Å². The average molecular weight is 278 g/mol. The molecule has 5 unspecified atom stereocenters. The molecule has 4 aliphatic rings. The van der Waals surface area contributed by atoms with Crippen LogP contribution in [0.15, 0.2) is 0 Å². The lowest BCUT2D eigenvalue weighted by atomic mass is 9.85. The van der Waals surface area contributed by atoms with Gasteiger partial charge in [-0.3, -0.25) is 4.79 Å². The van der Waals surface area contributed by atoms with Crippen LogP contribution in [-0.4, -0.2) is 36.7 Å². The zero-order valence-electron chi connectivity index (χ0n) is 12.1. The minimum absolute atomic E-state index is 0.0450. The summed E-state index contributed by atoms with van der Waals surface area (Å²) in [5, 5.41) is 6.85. The van der Waals surface area contributed by atoms with Gasteiger partial charge in [0.1, 0.15) is 0 Å². The Morgan fingerprint density at radius 2 is 1.90 bits per heavy atom. The Morgan fingerprint density at radius 1 is 1.05 bits per heavy atom. The maximum absolute atomic E-state index is 12.5. The summed E-state index contributed by atoms with van der Waals surface area (Å²) in [5.74, 6) is 1.67. The lowest BCUT2D eigenvalue weighted by Crippen LogP contribution is -2.49. The standard InChI is InChI=1S/C16H26N2O2/c19-16(14-9-11-3-1-2-4-12(11)17-14)18-13-7-8-20-15(13)10-5-6-10/h10-15,17H,1-9H2,(H,18,19). The second kappa shape index (κ2) is 5.30. The number of carbonyl (C=O) groups is 1. The highest BCUT2D eigenvalue weighted by atomic mass is 16.5. The fraction of sp³-hybridized carbons (Fsp3) is 0.938. The number of amides is 1. The molecule has 2 saturated heterocycles. The molecule has 2 aliphatic carbocycles. The molecule has 4 rings (SSSR count). The first-order chi connectivity index (χ1) is 9.81. The van der Waals surface area contributed by atoms with Crippen LogP contribution in [0.4, 0.5) is 0 Å². The Morgan fingerprint density at radius 3 is 2.70 bits per heavy atom. The molecule has 4 heteroatoms. The molecule has 1 amide bonds. The van der Waals surface area contributed by atoms with Crippen molar-refractivity contribution in [3.63, 3.8) is 0 Å². The summed E-state index contributed by atoms with van der Waals surface area (Å²) in [7, 11) is 0. The minimum Gasteiger partial charge on any atom is -0.376 e. The summed E-state index contributed by atoms with van der Waals surface area (Å²) in [5.41, 5.74) is 0. The van der Waals surface area contributed by atoms with E-state index in [-0.39, 0.29) is 18.0 Å². The highest BCUT2D eigenvalue weighted by Crippen LogP contribution is 2.39. The second-order valence-corrected chi connectivity index (χ2v) is 7.18. The molecule has 0 spiro atoms. The number of carbonyl (C=O) groups excluding carboxylic acids is 1. The number of ether oxygens (including phenoxy) is 1. The number of hydrogen-bond acceptors (Lipinski definition) is 3. The third-order valence-electron chi connectivity index (χ3n) is 5.73. The maximum atomic E-state index is 12.5. The highest BCUT2D eigenvalue weighted by Gasteiger charge is 2.43. The topological polar surface area (TPSA) is 50.4 Å². The third-order valence-corrected chi connectivity index (χ3v) is 5.73. The molecule has 20 heavy (non-hydrogen) atoms. The number of hydrogen-bond donors (Lipinski definition) is 2. The van der Waals surface area contributed by atoms with Crippen LogP contribution in [0.2, 0.25) is 0 Å². The number of fused-ring (bicyclic) bond motifs is 1. The van der Waals surface area contributed by atoms with Gasteiger partial charge >= 0.3 is 0 Å². The summed E-state index contributed by atoms with van der Waals surface area (Å²) < 4.78 is 5.81. The Bertz CT molecular complexity index is 369. The molecule has 4 fully saturated rings. The van der Waals surface area contributed by atoms with Crippen LogP contribution in [0.5, 0.6) is 0 Å². The van der Waals surface area contributed by atoms with Crippen LogP contribution in [0.3, 0.4) is 0 Å². The number of nitrogens with one attached hydrogen (secondary N) is 2. The molecule has 4 nitrogen and oxygen atoms in total. The first-order valence-electron chi connectivity index (χ1n) is 8.49. The normalized spacial score (nSPS) is 44.3. The highest BCUT2D eigenvalue weighted by molar-refractivity contribution is 5.82. The molecule has 112 valence electrons. The molecule has 2 N–H and O–H groups in total. The molecule has 0 aromatic carbocycles. The van der Waals surface area contributed by atoms with E-state index in [2.05, 4.69) is 10.6 Å². The van der Waals surface area contributed by atoms with Gasteiger partial charge in [-0.15, -0.1) is 0 Å². The van der Waals surface area contributed by atoms with E-state index < -0.39 is 0 Å². The Hall–Kier alpha value is -0.610. The van der Waals surface area contributed by atoms with E-state index in [0.29, 0.717) is 18.1 Å². The van der Waals surface area contributed by atoms with Crippen molar-refractivity contribution in [3.05, 3.63) is 0 Å². The fourth-order valence-corrected chi connectivity index (χ4v) is 4.46. The van der Waals surface area contributed by atoms with E-state index >= 15 is 0 Å². The summed E-state index contributed by atoms with van der Waals surface area (Å²) in [6, 6.07) is 0.904. The molecule has 5 atom stereocenters. The van der Waals surface area contributed by atoms with E-state index in [1.807, 2.05) is 0 Å². The molecule has 0 aromatic heterocycles. The van der Waals surface area contributed by atoms with Gasteiger partial charge < -0.3 is 15.4 Å². The van der Waals surface area contributed by atoms with Crippen LogP contribution in [0.25, 0.3) is 0 Å². The lowest BCUT2D eigenvalue weighted by Gasteiger charge is -2.24. The van der Waals surface area contributed by atoms with Crippen molar-refractivity contribution in [2.24, 2.45) is 11.8 Å². The van der Waals surface area contributed by atoms with Gasteiger partial charge in [-0.05, 0) is 50.4 Å². The Kier molecular flexibility index (Phi) is 3.47. The van der Waals surface area contributed by atoms with Crippen LogP contribution < -0.4 is 10.6 Å². The minimum atomic E-state index is 0.0450. The average Bonchev–Trinajstić information content (AvgIpc) is 3.04. The van der Waals surface area contributed by atoms with Gasteiger partial charge in [-0.1, -0.05) is 12.8 Å². The van der Waals surface area contributed by atoms with Crippen molar-refractivity contribution in [2.45, 2.75) is 75.6 Å². The van der Waals surface area contributed by atoms with Crippen LogP contribution >= 0.6 is 0 Å². The van der Waals surface area contributed by atoms with E-state index in [9.17, 15) is 4.79 Å². The van der Waals surface area contributed by atoms with Crippen molar-refractivity contribution in [2.75, 3.05) is 6.61 Å². The molecule has 0 bridgehead atoms. The van der Waals surface area contributed by atoms with Gasteiger partial charge in [0.2, 0.25) is 5.91 Å². The largest absolute Gasteiger partial charge is 0.376 e. The van der Waals surface area contributed by atoms with Crippen molar-refractivity contribution in [3.8, 4) is 0 Å². The Balaban J connectivity index is 1.33. The van der Waals surface area contributed by atoms with Crippen LogP contribution in [-0.2, 0) is 9.53 Å². The smallest absolute Gasteiger partial charge is 0.237 e. The van der Waals surface area contributed by atoms with Crippen LogP contribution in [0.1, 0.15) is 51.4 Å². The van der Waals surface area contributed by atoms with Gasteiger partial charge in [0.15, 0.2) is 0 Å². The molecular formula is C16H26N2O2. The molecular weight excluding hydrogens is 252 g/mol. The summed E-state index contributed by atoms with van der Waals surface area (Å²) in [4.78, 5) is 12.5. The fourth-order valence-electron chi connectivity index (χ4n) is 4.46. The molecule has 0 radical (unpaired) electrons. The van der Waals surface area contributed by atoms with E-state index in [4.69, 9.17) is 4.74 Å². The molecule has 2 aliphatic heterocycles.